The third-order valence-corrected chi connectivity index (χ3v) is 4.70. The van der Waals surface area contributed by atoms with Crippen LogP contribution in [0.25, 0.3) is 0 Å². The lowest BCUT2D eigenvalue weighted by Crippen LogP contribution is -2.35. The molecule has 2 atom stereocenters. The standard InChI is InChI=1S/C16H25N5/c1-11-6-5-7-15(18-11)16-8-17-10-21(16)9-14-12(2)19-20(4)13(14)3/h8,10-11,15,18H,5-7,9H2,1-4H3. The zero-order chi connectivity index (χ0) is 15.0. The summed E-state index contributed by atoms with van der Waals surface area (Å²) >= 11 is 0. The normalized spacial score (nSPS) is 22.7. The second-order valence-corrected chi connectivity index (χ2v) is 6.27. The van der Waals surface area contributed by atoms with E-state index in [2.05, 4.69) is 40.7 Å². The van der Waals surface area contributed by atoms with Crippen LogP contribution in [0, 0.1) is 13.8 Å². The Bertz CT molecular complexity index is 625. The number of aromatic nitrogens is 4. The molecule has 0 saturated carbocycles. The fraction of sp³-hybridized carbons (Fsp3) is 0.625. The molecule has 2 unspecified atom stereocenters. The van der Waals surface area contributed by atoms with Crippen molar-refractivity contribution in [2.75, 3.05) is 0 Å². The van der Waals surface area contributed by atoms with Crippen LogP contribution in [0.3, 0.4) is 0 Å². The van der Waals surface area contributed by atoms with E-state index in [1.54, 1.807) is 0 Å². The molecule has 0 spiro atoms. The maximum Gasteiger partial charge on any atom is 0.0951 e. The van der Waals surface area contributed by atoms with Crippen molar-refractivity contribution >= 4 is 0 Å². The largest absolute Gasteiger partial charge is 0.329 e. The van der Waals surface area contributed by atoms with E-state index in [0.717, 1.165) is 12.2 Å². The van der Waals surface area contributed by atoms with Crippen LogP contribution in [0.5, 0.6) is 0 Å². The minimum Gasteiger partial charge on any atom is -0.329 e. The van der Waals surface area contributed by atoms with E-state index in [1.165, 1.54) is 36.2 Å². The minimum absolute atomic E-state index is 0.425. The zero-order valence-electron chi connectivity index (χ0n) is 13.4. The van der Waals surface area contributed by atoms with Crippen molar-refractivity contribution in [1.29, 1.82) is 0 Å². The van der Waals surface area contributed by atoms with E-state index in [4.69, 9.17) is 0 Å². The number of hydrogen-bond donors (Lipinski definition) is 1. The average Bonchev–Trinajstić information content (AvgIpc) is 3.00. The van der Waals surface area contributed by atoms with E-state index < -0.39 is 0 Å². The fourth-order valence-corrected chi connectivity index (χ4v) is 3.34. The van der Waals surface area contributed by atoms with Gasteiger partial charge in [-0.25, -0.2) is 4.98 Å². The molecule has 0 aromatic carbocycles. The van der Waals surface area contributed by atoms with Crippen molar-refractivity contribution in [3.05, 3.63) is 35.2 Å². The monoisotopic (exact) mass is 287 g/mol. The van der Waals surface area contributed by atoms with Crippen LogP contribution < -0.4 is 5.32 Å². The van der Waals surface area contributed by atoms with Crippen LogP contribution in [-0.2, 0) is 13.6 Å². The first-order chi connectivity index (χ1) is 10.1. The molecular weight excluding hydrogens is 262 g/mol. The number of rotatable bonds is 3. The number of nitrogens with one attached hydrogen (secondary N) is 1. The molecule has 1 aliphatic rings. The maximum atomic E-state index is 4.51. The molecule has 114 valence electrons. The highest BCUT2D eigenvalue weighted by Gasteiger charge is 2.22. The predicted molar refractivity (Wildman–Crippen MR) is 83.2 cm³/mol. The lowest BCUT2D eigenvalue weighted by molar-refractivity contribution is 0.330. The predicted octanol–water partition coefficient (Wildman–Crippen LogP) is 2.48. The summed E-state index contributed by atoms with van der Waals surface area (Å²) < 4.78 is 4.23. The van der Waals surface area contributed by atoms with E-state index in [1.807, 2.05) is 24.3 Å². The first-order valence-electron chi connectivity index (χ1n) is 7.81. The molecule has 3 rings (SSSR count). The van der Waals surface area contributed by atoms with Gasteiger partial charge in [-0.05, 0) is 40.0 Å². The SMILES string of the molecule is Cc1nn(C)c(C)c1Cn1cncc1C1CCCC(C)N1. The van der Waals surface area contributed by atoms with Crippen LogP contribution in [0.1, 0.15) is 54.9 Å². The fourth-order valence-electron chi connectivity index (χ4n) is 3.34. The summed E-state index contributed by atoms with van der Waals surface area (Å²) in [5, 5.41) is 8.21. The number of imidazole rings is 1. The highest BCUT2D eigenvalue weighted by atomic mass is 15.3. The van der Waals surface area contributed by atoms with Crippen molar-refractivity contribution < 1.29 is 0 Å². The van der Waals surface area contributed by atoms with E-state index in [0.29, 0.717) is 12.1 Å². The molecule has 1 saturated heterocycles. The summed E-state index contributed by atoms with van der Waals surface area (Å²) in [4.78, 5) is 4.38. The van der Waals surface area contributed by atoms with Gasteiger partial charge in [0.1, 0.15) is 0 Å². The van der Waals surface area contributed by atoms with Gasteiger partial charge in [0.25, 0.3) is 0 Å². The van der Waals surface area contributed by atoms with Crippen molar-refractivity contribution in [1.82, 2.24) is 24.6 Å². The van der Waals surface area contributed by atoms with Gasteiger partial charge in [-0.15, -0.1) is 0 Å². The summed E-state index contributed by atoms with van der Waals surface area (Å²) in [6.07, 6.45) is 7.71. The summed E-state index contributed by atoms with van der Waals surface area (Å²) in [5.41, 5.74) is 4.95. The molecule has 2 aromatic rings. The van der Waals surface area contributed by atoms with Crippen molar-refractivity contribution in [2.45, 2.75) is 58.7 Å². The van der Waals surface area contributed by atoms with Gasteiger partial charge in [0.05, 0.1) is 24.3 Å². The first kappa shape index (κ1) is 14.3. The Hall–Kier alpha value is -1.62. The maximum absolute atomic E-state index is 4.51. The van der Waals surface area contributed by atoms with Gasteiger partial charge < -0.3 is 9.88 Å². The first-order valence-corrected chi connectivity index (χ1v) is 7.81. The Labute approximate surface area is 126 Å². The van der Waals surface area contributed by atoms with Gasteiger partial charge >= 0.3 is 0 Å². The quantitative estimate of drug-likeness (QED) is 0.943. The van der Waals surface area contributed by atoms with Gasteiger partial charge in [0, 0.05) is 36.6 Å². The molecule has 5 nitrogen and oxygen atoms in total. The molecule has 3 heterocycles. The number of hydrogen-bond acceptors (Lipinski definition) is 3. The van der Waals surface area contributed by atoms with Crippen LogP contribution in [-0.4, -0.2) is 25.4 Å². The van der Waals surface area contributed by atoms with Crippen LogP contribution >= 0.6 is 0 Å². The van der Waals surface area contributed by atoms with Gasteiger partial charge in [-0.2, -0.15) is 5.10 Å². The highest BCUT2D eigenvalue weighted by molar-refractivity contribution is 5.25. The number of piperidine rings is 1. The topological polar surface area (TPSA) is 47.7 Å². The van der Waals surface area contributed by atoms with Crippen molar-refractivity contribution in [3.8, 4) is 0 Å². The van der Waals surface area contributed by atoms with Crippen LogP contribution in [0.15, 0.2) is 12.5 Å². The molecule has 21 heavy (non-hydrogen) atoms. The van der Waals surface area contributed by atoms with E-state index in [9.17, 15) is 0 Å². The smallest absolute Gasteiger partial charge is 0.0951 e. The van der Waals surface area contributed by atoms with Crippen molar-refractivity contribution in [2.24, 2.45) is 7.05 Å². The summed E-state index contributed by atoms with van der Waals surface area (Å²) in [7, 11) is 2.00. The Morgan fingerprint density at radius 1 is 1.33 bits per heavy atom. The molecule has 1 aliphatic heterocycles. The van der Waals surface area contributed by atoms with E-state index >= 15 is 0 Å². The van der Waals surface area contributed by atoms with Gasteiger partial charge in [-0.1, -0.05) is 0 Å². The van der Waals surface area contributed by atoms with Gasteiger partial charge in [0.15, 0.2) is 0 Å². The lowest BCUT2D eigenvalue weighted by Gasteiger charge is -2.29. The summed E-state index contributed by atoms with van der Waals surface area (Å²) in [5.74, 6) is 0. The van der Waals surface area contributed by atoms with Crippen molar-refractivity contribution in [3.63, 3.8) is 0 Å². The van der Waals surface area contributed by atoms with Crippen LogP contribution in [0.4, 0.5) is 0 Å². The highest BCUT2D eigenvalue weighted by Crippen LogP contribution is 2.26. The molecule has 5 heteroatoms. The van der Waals surface area contributed by atoms with Gasteiger partial charge in [0.2, 0.25) is 0 Å². The Balaban J connectivity index is 1.85. The Kier molecular flexibility index (Phi) is 3.85. The Morgan fingerprint density at radius 2 is 2.14 bits per heavy atom. The summed E-state index contributed by atoms with van der Waals surface area (Å²) in [6, 6.07) is 1.02. The third-order valence-electron chi connectivity index (χ3n) is 4.70. The molecular formula is C16H25N5. The molecule has 0 bridgehead atoms. The molecule has 0 aliphatic carbocycles. The van der Waals surface area contributed by atoms with E-state index in [-0.39, 0.29) is 0 Å². The lowest BCUT2D eigenvalue weighted by atomic mass is 9.97. The third kappa shape index (κ3) is 2.75. The second-order valence-electron chi connectivity index (χ2n) is 6.27. The zero-order valence-corrected chi connectivity index (χ0v) is 13.4. The van der Waals surface area contributed by atoms with Gasteiger partial charge in [-0.3, -0.25) is 4.68 Å². The minimum atomic E-state index is 0.425. The number of nitrogens with zero attached hydrogens (tertiary/aromatic N) is 4. The molecule has 0 amide bonds. The molecule has 0 radical (unpaired) electrons. The molecule has 2 aromatic heterocycles. The average molecular weight is 287 g/mol. The van der Waals surface area contributed by atoms with Crippen LogP contribution in [0.2, 0.25) is 0 Å². The molecule has 1 fully saturated rings. The summed E-state index contributed by atoms with van der Waals surface area (Å²) in [6.45, 7) is 7.34. The second kappa shape index (κ2) is 5.64. The number of aryl methyl sites for hydroxylation is 2. The Morgan fingerprint density at radius 3 is 2.81 bits per heavy atom. The molecule has 1 N–H and O–H groups in total.